The van der Waals surface area contributed by atoms with Gasteiger partial charge in [-0.2, -0.15) is 5.10 Å². The minimum Gasteiger partial charge on any atom is -0.262 e. The van der Waals surface area contributed by atoms with Gasteiger partial charge in [0.15, 0.2) is 0 Å². The first-order chi connectivity index (χ1) is 7.22. The van der Waals surface area contributed by atoms with Gasteiger partial charge in [0, 0.05) is 12.1 Å². The number of aryl methyl sites for hydroxylation is 2. The molecule has 78 valence electrons. The van der Waals surface area contributed by atoms with E-state index in [9.17, 15) is 0 Å². The van der Waals surface area contributed by atoms with Crippen LogP contribution in [0, 0.1) is 13.8 Å². The second-order valence-corrected chi connectivity index (χ2v) is 3.52. The van der Waals surface area contributed by atoms with Gasteiger partial charge in [0.25, 0.3) is 0 Å². The van der Waals surface area contributed by atoms with Crippen molar-refractivity contribution < 1.29 is 0 Å². The van der Waals surface area contributed by atoms with Gasteiger partial charge in [-0.1, -0.05) is 0 Å². The summed E-state index contributed by atoms with van der Waals surface area (Å²) in [7, 11) is 0. The summed E-state index contributed by atoms with van der Waals surface area (Å²) in [5.74, 6) is 2.03. The standard InChI is InChI=1S/C10H11ClN4/c1-7-13-8(2)15(14-7)10-6-12-4-3-9(10)5-11/h3-4,6H,5H2,1-2H3. The number of halogens is 1. The normalized spacial score (nSPS) is 10.6. The highest BCUT2D eigenvalue weighted by molar-refractivity contribution is 6.17. The van der Waals surface area contributed by atoms with Gasteiger partial charge in [0.2, 0.25) is 0 Å². The van der Waals surface area contributed by atoms with Crippen LogP contribution in [0.5, 0.6) is 0 Å². The highest BCUT2D eigenvalue weighted by Gasteiger charge is 2.08. The lowest BCUT2D eigenvalue weighted by molar-refractivity contribution is 0.818. The highest BCUT2D eigenvalue weighted by Crippen LogP contribution is 2.15. The van der Waals surface area contributed by atoms with E-state index in [4.69, 9.17) is 11.6 Å². The minimum atomic E-state index is 0.441. The summed E-state index contributed by atoms with van der Waals surface area (Å²) < 4.78 is 1.76. The molecule has 2 aromatic heterocycles. The lowest BCUT2D eigenvalue weighted by Crippen LogP contribution is -2.03. The molecule has 4 nitrogen and oxygen atoms in total. The predicted octanol–water partition coefficient (Wildman–Crippen LogP) is 2.02. The zero-order valence-electron chi connectivity index (χ0n) is 8.61. The van der Waals surface area contributed by atoms with Crippen LogP contribution in [-0.4, -0.2) is 19.7 Å². The van der Waals surface area contributed by atoms with Gasteiger partial charge >= 0.3 is 0 Å². The maximum absolute atomic E-state index is 5.85. The molecular formula is C10H11ClN4. The van der Waals surface area contributed by atoms with Gasteiger partial charge < -0.3 is 0 Å². The molecule has 0 saturated carbocycles. The lowest BCUT2D eigenvalue weighted by Gasteiger charge is -2.06. The van der Waals surface area contributed by atoms with E-state index in [-0.39, 0.29) is 0 Å². The fourth-order valence-corrected chi connectivity index (χ4v) is 1.69. The molecule has 2 rings (SSSR count). The lowest BCUT2D eigenvalue weighted by atomic mass is 10.2. The van der Waals surface area contributed by atoms with E-state index in [1.54, 1.807) is 17.1 Å². The van der Waals surface area contributed by atoms with Crippen LogP contribution in [0.2, 0.25) is 0 Å². The molecule has 0 aliphatic carbocycles. The number of alkyl halides is 1. The van der Waals surface area contributed by atoms with E-state index in [0.29, 0.717) is 5.88 Å². The van der Waals surface area contributed by atoms with Crippen molar-refractivity contribution in [3.05, 3.63) is 35.7 Å². The van der Waals surface area contributed by atoms with Crippen LogP contribution >= 0.6 is 11.6 Å². The van der Waals surface area contributed by atoms with Crippen molar-refractivity contribution in [2.24, 2.45) is 0 Å². The van der Waals surface area contributed by atoms with E-state index in [1.165, 1.54) is 0 Å². The molecule has 0 N–H and O–H groups in total. The van der Waals surface area contributed by atoms with Crippen LogP contribution in [-0.2, 0) is 5.88 Å². The first-order valence-electron chi connectivity index (χ1n) is 4.62. The van der Waals surface area contributed by atoms with Gasteiger partial charge in [-0.15, -0.1) is 11.6 Å². The third-order valence-corrected chi connectivity index (χ3v) is 2.42. The fourth-order valence-electron chi connectivity index (χ4n) is 1.47. The quantitative estimate of drug-likeness (QED) is 0.731. The SMILES string of the molecule is Cc1nc(C)n(-c2cnccc2CCl)n1. The van der Waals surface area contributed by atoms with Crippen molar-refractivity contribution >= 4 is 11.6 Å². The zero-order valence-corrected chi connectivity index (χ0v) is 9.36. The van der Waals surface area contributed by atoms with Crippen LogP contribution in [0.4, 0.5) is 0 Å². The van der Waals surface area contributed by atoms with Gasteiger partial charge in [-0.25, -0.2) is 9.67 Å². The summed E-state index contributed by atoms with van der Waals surface area (Å²) in [5, 5.41) is 4.30. The zero-order chi connectivity index (χ0) is 10.8. The molecule has 0 fully saturated rings. The van der Waals surface area contributed by atoms with Crippen LogP contribution < -0.4 is 0 Å². The van der Waals surface area contributed by atoms with Crippen molar-refractivity contribution in [3.63, 3.8) is 0 Å². The molecule has 0 amide bonds. The summed E-state index contributed by atoms with van der Waals surface area (Å²) in [6, 6.07) is 1.89. The third-order valence-electron chi connectivity index (χ3n) is 2.13. The van der Waals surface area contributed by atoms with Gasteiger partial charge in [-0.05, 0) is 25.5 Å². The number of pyridine rings is 1. The monoisotopic (exact) mass is 222 g/mol. The van der Waals surface area contributed by atoms with E-state index in [2.05, 4.69) is 15.1 Å². The Balaban J connectivity index is 2.58. The largest absolute Gasteiger partial charge is 0.262 e. The summed E-state index contributed by atoms with van der Waals surface area (Å²) in [6.07, 6.45) is 3.47. The number of rotatable bonds is 2. The molecule has 0 atom stereocenters. The van der Waals surface area contributed by atoms with E-state index < -0.39 is 0 Å². The second kappa shape index (κ2) is 3.98. The van der Waals surface area contributed by atoms with Crippen molar-refractivity contribution in [2.75, 3.05) is 0 Å². The van der Waals surface area contributed by atoms with Gasteiger partial charge in [-0.3, -0.25) is 4.98 Å². The first-order valence-corrected chi connectivity index (χ1v) is 5.15. The Hall–Kier alpha value is -1.42. The first kappa shape index (κ1) is 10.1. The van der Waals surface area contributed by atoms with E-state index >= 15 is 0 Å². The van der Waals surface area contributed by atoms with Crippen molar-refractivity contribution in [3.8, 4) is 5.69 Å². The Bertz CT molecular complexity index is 478. The Morgan fingerprint density at radius 3 is 2.80 bits per heavy atom. The van der Waals surface area contributed by atoms with Gasteiger partial charge in [0.1, 0.15) is 11.6 Å². The minimum absolute atomic E-state index is 0.441. The number of nitrogens with zero attached hydrogens (tertiary/aromatic N) is 4. The van der Waals surface area contributed by atoms with E-state index in [0.717, 1.165) is 22.9 Å². The Kier molecular flexibility index (Phi) is 2.68. The van der Waals surface area contributed by atoms with Gasteiger partial charge in [0.05, 0.1) is 11.9 Å². The molecule has 15 heavy (non-hydrogen) atoms. The van der Waals surface area contributed by atoms with Crippen molar-refractivity contribution in [1.82, 2.24) is 19.7 Å². The van der Waals surface area contributed by atoms with Crippen LogP contribution in [0.25, 0.3) is 5.69 Å². The highest BCUT2D eigenvalue weighted by atomic mass is 35.5. The molecular weight excluding hydrogens is 212 g/mol. The number of hydrogen-bond donors (Lipinski definition) is 0. The smallest absolute Gasteiger partial charge is 0.148 e. The Morgan fingerprint density at radius 2 is 2.20 bits per heavy atom. The van der Waals surface area contributed by atoms with Crippen molar-refractivity contribution in [2.45, 2.75) is 19.7 Å². The van der Waals surface area contributed by atoms with Crippen LogP contribution in [0.1, 0.15) is 17.2 Å². The Morgan fingerprint density at radius 1 is 1.40 bits per heavy atom. The summed E-state index contributed by atoms with van der Waals surface area (Å²) in [6.45, 7) is 3.77. The number of hydrogen-bond acceptors (Lipinski definition) is 3. The molecule has 0 saturated heterocycles. The maximum Gasteiger partial charge on any atom is 0.148 e. The maximum atomic E-state index is 5.85. The third kappa shape index (κ3) is 1.85. The fraction of sp³-hybridized carbons (Fsp3) is 0.300. The average Bonchev–Trinajstić information content (AvgIpc) is 2.57. The number of aromatic nitrogens is 4. The molecule has 0 aliphatic rings. The molecule has 0 aromatic carbocycles. The van der Waals surface area contributed by atoms with Crippen LogP contribution in [0.15, 0.2) is 18.5 Å². The molecule has 5 heteroatoms. The second-order valence-electron chi connectivity index (χ2n) is 3.26. The topological polar surface area (TPSA) is 43.6 Å². The molecule has 2 heterocycles. The molecule has 0 unspecified atom stereocenters. The molecule has 0 radical (unpaired) electrons. The Labute approximate surface area is 92.9 Å². The summed E-state index contributed by atoms with van der Waals surface area (Å²) >= 11 is 5.85. The molecule has 0 spiro atoms. The summed E-state index contributed by atoms with van der Waals surface area (Å²) in [5.41, 5.74) is 1.89. The predicted molar refractivity (Wildman–Crippen MR) is 58.2 cm³/mol. The van der Waals surface area contributed by atoms with Crippen LogP contribution in [0.3, 0.4) is 0 Å². The molecule has 0 aliphatic heterocycles. The van der Waals surface area contributed by atoms with E-state index in [1.807, 2.05) is 19.9 Å². The average molecular weight is 223 g/mol. The molecule has 0 bridgehead atoms. The van der Waals surface area contributed by atoms with Crippen molar-refractivity contribution in [1.29, 1.82) is 0 Å². The molecule has 2 aromatic rings. The summed E-state index contributed by atoms with van der Waals surface area (Å²) in [4.78, 5) is 8.32.